The Hall–Kier alpha value is -1.45. The third kappa shape index (κ3) is 3.88. The Kier molecular flexibility index (Phi) is 6.59. The number of benzene rings is 2. The van der Waals surface area contributed by atoms with Gasteiger partial charge in [-0.05, 0) is 38.0 Å². The summed E-state index contributed by atoms with van der Waals surface area (Å²) in [7, 11) is 1.71. The van der Waals surface area contributed by atoms with Crippen molar-refractivity contribution in [2.75, 3.05) is 30.0 Å². The minimum absolute atomic E-state index is 0. The second kappa shape index (κ2) is 8.29. The van der Waals surface area contributed by atoms with Gasteiger partial charge in [0.05, 0.1) is 6.61 Å². The van der Waals surface area contributed by atoms with Gasteiger partial charge in [-0.15, -0.1) is 0 Å². The first-order chi connectivity index (χ1) is 11.5. The molecule has 0 radical (unpaired) electrons. The first kappa shape index (κ1) is 19.9. The number of guanidine groups is 1. The number of nitrogens with zero attached hydrogens (tertiary/aromatic N) is 2. The molecule has 1 aliphatic rings. The summed E-state index contributed by atoms with van der Waals surface area (Å²) >= 11 is 0. The van der Waals surface area contributed by atoms with Gasteiger partial charge in [0.25, 0.3) is 0 Å². The summed E-state index contributed by atoms with van der Waals surface area (Å²) in [6.45, 7) is 8.57. The fourth-order valence-corrected chi connectivity index (χ4v) is 3.66. The van der Waals surface area contributed by atoms with Gasteiger partial charge in [-0.1, -0.05) is 35.9 Å². The number of aryl methyl sites for hydroxylation is 3. The Balaban J connectivity index is 0.00000225. The van der Waals surface area contributed by atoms with Crippen LogP contribution in [0.15, 0.2) is 36.4 Å². The molecule has 5 heteroatoms. The maximum Gasteiger partial charge on any atom is 0.203 e. The van der Waals surface area contributed by atoms with Gasteiger partial charge in [0.2, 0.25) is 5.96 Å². The van der Waals surface area contributed by atoms with Gasteiger partial charge < -0.3 is 14.5 Å². The third-order valence-corrected chi connectivity index (χ3v) is 4.55. The van der Waals surface area contributed by atoms with E-state index in [9.17, 15) is 0 Å². The zero-order valence-electron chi connectivity index (χ0n) is 15.4. The minimum atomic E-state index is 0. The molecule has 2 aromatic carbocycles. The minimum Gasteiger partial charge on any atom is -0.380 e. The van der Waals surface area contributed by atoms with E-state index in [1.807, 2.05) is 12.1 Å². The normalized spacial score (nSPS) is 14.0. The van der Waals surface area contributed by atoms with E-state index >= 15 is 0 Å². The van der Waals surface area contributed by atoms with Gasteiger partial charge in [-0.25, -0.2) is 0 Å². The van der Waals surface area contributed by atoms with Crippen molar-refractivity contribution in [3.63, 3.8) is 0 Å². The van der Waals surface area contributed by atoms with E-state index in [1.54, 1.807) is 7.11 Å². The molecule has 0 aliphatic carbocycles. The van der Waals surface area contributed by atoms with Gasteiger partial charge in [0.1, 0.15) is 0 Å². The van der Waals surface area contributed by atoms with Crippen LogP contribution in [0.25, 0.3) is 0 Å². The number of anilines is 2. The van der Waals surface area contributed by atoms with Crippen LogP contribution in [-0.4, -0.2) is 26.2 Å². The van der Waals surface area contributed by atoms with Gasteiger partial charge in [-0.3, -0.25) is 5.41 Å². The molecule has 0 aromatic heterocycles. The van der Waals surface area contributed by atoms with E-state index in [0.717, 1.165) is 30.0 Å². The fraction of sp³-hybridized carbons (Fsp3) is 0.350. The first-order valence-corrected chi connectivity index (χ1v) is 8.31. The molecule has 0 bridgehead atoms. The molecule has 0 saturated carbocycles. The summed E-state index contributed by atoms with van der Waals surface area (Å²) in [5.41, 5.74) is 7.06. The Morgan fingerprint density at radius 2 is 1.60 bits per heavy atom. The Morgan fingerprint density at radius 3 is 2.24 bits per heavy atom. The molecule has 1 fully saturated rings. The van der Waals surface area contributed by atoms with Gasteiger partial charge >= 0.3 is 0 Å². The summed E-state index contributed by atoms with van der Waals surface area (Å²) in [5, 5.41) is 8.73. The number of hydrogen-bond acceptors (Lipinski definition) is 2. The molecule has 0 spiro atoms. The van der Waals surface area contributed by atoms with Crippen LogP contribution in [0.4, 0.5) is 11.4 Å². The van der Waals surface area contributed by atoms with E-state index in [4.69, 9.17) is 10.1 Å². The van der Waals surface area contributed by atoms with E-state index in [0.29, 0.717) is 12.6 Å². The van der Waals surface area contributed by atoms with Crippen LogP contribution < -0.4 is 9.80 Å². The van der Waals surface area contributed by atoms with Crippen molar-refractivity contribution in [3.05, 3.63) is 58.7 Å². The van der Waals surface area contributed by atoms with Crippen molar-refractivity contribution in [1.82, 2.24) is 0 Å². The molecule has 0 atom stereocenters. The second-order valence-corrected chi connectivity index (χ2v) is 6.44. The maximum absolute atomic E-state index is 8.73. The van der Waals surface area contributed by atoms with E-state index in [1.165, 1.54) is 16.7 Å². The van der Waals surface area contributed by atoms with Crippen LogP contribution >= 0.6 is 0 Å². The molecule has 1 N–H and O–H groups in total. The molecule has 0 unspecified atom stereocenters. The monoisotopic (exact) mass is 413 g/mol. The summed E-state index contributed by atoms with van der Waals surface area (Å²) in [4.78, 5) is 4.20. The summed E-state index contributed by atoms with van der Waals surface area (Å²) < 4.78 is 5.32. The van der Waals surface area contributed by atoms with Crippen molar-refractivity contribution in [2.24, 2.45) is 0 Å². The number of methoxy groups -OCH3 is 1. The Bertz CT molecular complexity index is 752. The van der Waals surface area contributed by atoms with E-state index < -0.39 is 0 Å². The predicted octanol–water partition coefficient (Wildman–Crippen LogP) is 4.02. The van der Waals surface area contributed by atoms with Gasteiger partial charge in [0.15, 0.2) is 0 Å². The van der Waals surface area contributed by atoms with Crippen LogP contribution in [-0.2, 0) is 37.5 Å². The Labute approximate surface area is 169 Å². The molecular formula is C20H25N3OZr. The zero-order chi connectivity index (χ0) is 17.3. The van der Waals surface area contributed by atoms with Crippen molar-refractivity contribution in [3.8, 4) is 0 Å². The topological polar surface area (TPSA) is 39.6 Å². The molecule has 3 rings (SSSR count). The molecular weight excluding hydrogens is 389 g/mol. The number of nitrogens with one attached hydrogen (secondary N) is 1. The van der Waals surface area contributed by atoms with Crippen molar-refractivity contribution >= 4 is 17.3 Å². The Morgan fingerprint density at radius 1 is 1.00 bits per heavy atom. The SMILES string of the molecule is COCc1ccccc1N1CCN(c2c(C)cc(C)cc2C)C1=N.[Zr]. The van der Waals surface area contributed by atoms with Crippen molar-refractivity contribution < 1.29 is 30.9 Å². The van der Waals surface area contributed by atoms with Gasteiger partial charge in [0, 0.05) is 63.3 Å². The van der Waals surface area contributed by atoms with Crippen molar-refractivity contribution in [2.45, 2.75) is 27.4 Å². The number of hydrogen-bond donors (Lipinski definition) is 1. The zero-order valence-corrected chi connectivity index (χ0v) is 17.8. The molecule has 1 aliphatic heterocycles. The molecule has 1 saturated heterocycles. The van der Waals surface area contributed by atoms with Crippen LogP contribution in [0, 0.1) is 26.2 Å². The number of ether oxygens (including phenoxy) is 1. The van der Waals surface area contributed by atoms with E-state index in [2.05, 4.69) is 54.8 Å². The fourth-order valence-electron chi connectivity index (χ4n) is 3.66. The summed E-state index contributed by atoms with van der Waals surface area (Å²) in [6, 6.07) is 12.6. The standard InChI is InChI=1S/C20H25N3O.Zr/c1-14-11-15(2)19(16(3)12-14)23-10-9-22(20(23)21)18-8-6-5-7-17(18)13-24-4;/h5-8,11-12,21H,9-10,13H2,1-4H3;. The maximum atomic E-state index is 8.73. The van der Waals surface area contributed by atoms with Crippen LogP contribution in [0.3, 0.4) is 0 Å². The number of para-hydroxylation sites is 1. The predicted molar refractivity (Wildman–Crippen MR) is 100 cm³/mol. The van der Waals surface area contributed by atoms with Crippen LogP contribution in [0.2, 0.25) is 0 Å². The second-order valence-electron chi connectivity index (χ2n) is 6.44. The molecule has 4 nitrogen and oxygen atoms in total. The molecule has 130 valence electrons. The first-order valence-electron chi connectivity index (χ1n) is 8.31. The quantitative estimate of drug-likeness (QED) is 0.821. The summed E-state index contributed by atoms with van der Waals surface area (Å²) in [5.74, 6) is 0.536. The largest absolute Gasteiger partial charge is 0.380 e. The van der Waals surface area contributed by atoms with Crippen LogP contribution in [0.1, 0.15) is 22.3 Å². The van der Waals surface area contributed by atoms with Gasteiger partial charge in [-0.2, -0.15) is 0 Å². The average molecular weight is 415 g/mol. The van der Waals surface area contributed by atoms with Crippen molar-refractivity contribution in [1.29, 1.82) is 5.41 Å². The molecule has 0 amide bonds. The average Bonchev–Trinajstić information content (AvgIpc) is 2.89. The molecule has 2 aromatic rings. The van der Waals surface area contributed by atoms with E-state index in [-0.39, 0.29) is 26.2 Å². The molecule has 1 heterocycles. The number of rotatable bonds is 4. The summed E-state index contributed by atoms with van der Waals surface area (Å²) in [6.07, 6.45) is 0. The molecule has 25 heavy (non-hydrogen) atoms. The van der Waals surface area contributed by atoms with Crippen LogP contribution in [0.5, 0.6) is 0 Å². The smallest absolute Gasteiger partial charge is 0.203 e. The third-order valence-electron chi connectivity index (χ3n) is 4.55.